The molecular weight excluding hydrogens is 366 g/mol. The number of hydrogen-bond acceptors (Lipinski definition) is 4. The summed E-state index contributed by atoms with van der Waals surface area (Å²) in [6.07, 6.45) is 0. The average Bonchev–Trinajstić information content (AvgIpc) is 2.78. The Morgan fingerprint density at radius 1 is 0.862 bits per heavy atom. The maximum Gasteiger partial charge on any atom is 0.337 e. The van der Waals surface area contributed by atoms with Crippen molar-refractivity contribution in [3.63, 3.8) is 0 Å². The number of rotatable bonds is 4. The highest BCUT2D eigenvalue weighted by Gasteiger charge is 2.14. The molecule has 3 aromatic carbocycles. The predicted molar refractivity (Wildman–Crippen MR) is 113 cm³/mol. The summed E-state index contributed by atoms with van der Waals surface area (Å²) in [5.41, 5.74) is 3.60. The third-order valence-electron chi connectivity index (χ3n) is 4.83. The maximum absolute atomic E-state index is 12.8. The van der Waals surface area contributed by atoms with Crippen LogP contribution in [0.4, 0.5) is 0 Å². The number of ether oxygens (including phenoxy) is 2. The van der Waals surface area contributed by atoms with E-state index in [4.69, 9.17) is 9.47 Å². The van der Waals surface area contributed by atoms with Crippen molar-refractivity contribution >= 4 is 16.9 Å². The van der Waals surface area contributed by atoms with Gasteiger partial charge in [0.25, 0.3) is 0 Å². The van der Waals surface area contributed by atoms with Crippen LogP contribution in [0.5, 0.6) is 5.75 Å². The molecule has 0 amide bonds. The second kappa shape index (κ2) is 7.64. The summed E-state index contributed by atoms with van der Waals surface area (Å²) in [5.74, 6) is 0.310. The Balaban J connectivity index is 2.01. The number of nitrogens with zero attached hydrogens (tertiary/aromatic N) is 1. The van der Waals surface area contributed by atoms with E-state index >= 15 is 0 Å². The van der Waals surface area contributed by atoms with Crippen LogP contribution in [0, 0.1) is 0 Å². The lowest BCUT2D eigenvalue weighted by atomic mass is 10.1. The van der Waals surface area contributed by atoms with Gasteiger partial charge in [-0.05, 0) is 48.5 Å². The zero-order valence-electron chi connectivity index (χ0n) is 16.1. The second-order valence-corrected chi connectivity index (χ2v) is 6.52. The minimum absolute atomic E-state index is 0.0548. The maximum atomic E-state index is 12.8. The highest BCUT2D eigenvalue weighted by molar-refractivity contribution is 5.90. The monoisotopic (exact) mass is 385 g/mol. The molecule has 0 aliphatic heterocycles. The van der Waals surface area contributed by atoms with Crippen LogP contribution < -0.4 is 10.2 Å². The highest BCUT2D eigenvalue weighted by Crippen LogP contribution is 2.29. The summed E-state index contributed by atoms with van der Waals surface area (Å²) < 4.78 is 12.1. The quantitative estimate of drug-likeness (QED) is 0.487. The summed E-state index contributed by atoms with van der Waals surface area (Å²) in [5, 5.41) is 0.621. The van der Waals surface area contributed by atoms with Crippen LogP contribution >= 0.6 is 0 Å². The van der Waals surface area contributed by atoms with E-state index < -0.39 is 5.97 Å². The van der Waals surface area contributed by atoms with Crippen LogP contribution in [-0.2, 0) is 4.74 Å². The number of benzene rings is 3. The van der Waals surface area contributed by atoms with Crippen molar-refractivity contribution in [2.75, 3.05) is 14.2 Å². The van der Waals surface area contributed by atoms with Crippen LogP contribution in [0.2, 0.25) is 0 Å². The molecule has 0 saturated heterocycles. The van der Waals surface area contributed by atoms with Gasteiger partial charge in [0.1, 0.15) is 5.75 Å². The molecule has 4 rings (SSSR count). The van der Waals surface area contributed by atoms with Gasteiger partial charge < -0.3 is 14.0 Å². The summed E-state index contributed by atoms with van der Waals surface area (Å²) in [6, 6.07) is 23.8. The van der Waals surface area contributed by atoms with Gasteiger partial charge in [-0.25, -0.2) is 4.79 Å². The van der Waals surface area contributed by atoms with Gasteiger partial charge in [-0.15, -0.1) is 0 Å². The molecule has 0 saturated carbocycles. The zero-order valence-corrected chi connectivity index (χ0v) is 16.1. The molecule has 29 heavy (non-hydrogen) atoms. The third-order valence-corrected chi connectivity index (χ3v) is 4.83. The number of esters is 1. The van der Waals surface area contributed by atoms with E-state index in [1.807, 2.05) is 65.2 Å². The summed E-state index contributed by atoms with van der Waals surface area (Å²) in [6.45, 7) is 0. The van der Waals surface area contributed by atoms with Gasteiger partial charge >= 0.3 is 5.97 Å². The number of fused-ring (bicyclic) bond motifs is 1. The molecule has 0 bridgehead atoms. The summed E-state index contributed by atoms with van der Waals surface area (Å²) >= 11 is 0. The van der Waals surface area contributed by atoms with Crippen LogP contribution in [-0.4, -0.2) is 24.8 Å². The number of carbonyl (C=O) groups excluding carboxylic acids is 1. The van der Waals surface area contributed by atoms with Crippen molar-refractivity contribution in [1.82, 2.24) is 4.57 Å². The topological polar surface area (TPSA) is 57.5 Å². The van der Waals surface area contributed by atoms with Gasteiger partial charge in [-0.1, -0.05) is 24.3 Å². The molecule has 144 valence electrons. The van der Waals surface area contributed by atoms with Crippen LogP contribution in [0.1, 0.15) is 10.4 Å². The van der Waals surface area contributed by atoms with E-state index in [0.29, 0.717) is 16.7 Å². The highest BCUT2D eigenvalue weighted by atomic mass is 16.5. The number of para-hydroxylation sites is 1. The smallest absolute Gasteiger partial charge is 0.337 e. The number of pyridine rings is 1. The normalized spacial score (nSPS) is 10.7. The van der Waals surface area contributed by atoms with E-state index in [0.717, 1.165) is 22.5 Å². The molecule has 0 radical (unpaired) electrons. The van der Waals surface area contributed by atoms with E-state index in [9.17, 15) is 9.59 Å². The Hall–Kier alpha value is -3.86. The number of methoxy groups -OCH3 is 2. The molecule has 4 aromatic rings. The fourth-order valence-electron chi connectivity index (χ4n) is 3.41. The molecule has 0 fully saturated rings. The second-order valence-electron chi connectivity index (χ2n) is 6.52. The van der Waals surface area contributed by atoms with Crippen molar-refractivity contribution < 1.29 is 14.3 Å². The van der Waals surface area contributed by atoms with Crippen molar-refractivity contribution in [2.45, 2.75) is 0 Å². The minimum Gasteiger partial charge on any atom is -0.497 e. The first-order chi connectivity index (χ1) is 14.1. The lowest BCUT2D eigenvalue weighted by Crippen LogP contribution is -2.11. The van der Waals surface area contributed by atoms with Gasteiger partial charge in [0, 0.05) is 22.7 Å². The number of aromatic nitrogens is 1. The Labute approximate surface area is 167 Å². The van der Waals surface area contributed by atoms with Crippen molar-refractivity contribution in [2.24, 2.45) is 0 Å². The number of hydrogen-bond donors (Lipinski definition) is 0. The number of carbonyl (C=O) groups is 1. The lowest BCUT2D eigenvalue weighted by Gasteiger charge is -2.18. The zero-order chi connectivity index (χ0) is 20.4. The van der Waals surface area contributed by atoms with E-state index in [-0.39, 0.29) is 5.43 Å². The molecule has 5 heteroatoms. The fourth-order valence-corrected chi connectivity index (χ4v) is 3.41. The average molecular weight is 385 g/mol. The molecule has 0 atom stereocenters. The van der Waals surface area contributed by atoms with Crippen LogP contribution in [0.15, 0.2) is 83.7 Å². The first-order valence-electron chi connectivity index (χ1n) is 9.10. The Kier molecular flexibility index (Phi) is 4.87. The molecule has 0 aliphatic rings. The van der Waals surface area contributed by atoms with E-state index in [1.54, 1.807) is 25.3 Å². The summed E-state index contributed by atoms with van der Waals surface area (Å²) in [4.78, 5) is 24.6. The van der Waals surface area contributed by atoms with Gasteiger partial charge in [0.05, 0.1) is 31.0 Å². The Bertz CT molecular complexity index is 1260. The van der Waals surface area contributed by atoms with Crippen molar-refractivity contribution in [1.29, 1.82) is 0 Å². The first kappa shape index (κ1) is 18.5. The Morgan fingerprint density at radius 2 is 1.62 bits per heavy atom. The predicted octanol–water partition coefficient (Wildman–Crippen LogP) is 4.45. The molecular formula is C24H19NO4. The van der Waals surface area contributed by atoms with Gasteiger partial charge in [-0.2, -0.15) is 0 Å². The Morgan fingerprint density at radius 3 is 2.34 bits per heavy atom. The third kappa shape index (κ3) is 3.38. The van der Waals surface area contributed by atoms with E-state index in [2.05, 4.69) is 0 Å². The van der Waals surface area contributed by atoms with E-state index in [1.165, 1.54) is 7.11 Å². The van der Waals surface area contributed by atoms with Crippen LogP contribution in [0.25, 0.3) is 27.8 Å². The molecule has 0 unspecified atom stereocenters. The molecule has 5 nitrogen and oxygen atoms in total. The van der Waals surface area contributed by atoms with Gasteiger partial charge in [0.2, 0.25) is 0 Å². The lowest BCUT2D eigenvalue weighted by molar-refractivity contribution is 0.0600. The molecule has 0 spiro atoms. The van der Waals surface area contributed by atoms with Gasteiger partial charge in [0.15, 0.2) is 5.43 Å². The van der Waals surface area contributed by atoms with Crippen molar-refractivity contribution in [3.05, 3.63) is 94.6 Å². The van der Waals surface area contributed by atoms with Crippen molar-refractivity contribution in [3.8, 4) is 22.7 Å². The summed E-state index contributed by atoms with van der Waals surface area (Å²) in [7, 11) is 2.96. The largest absolute Gasteiger partial charge is 0.497 e. The SMILES string of the molecule is COC(=O)c1ccc(-n2c(-c3cccc(OC)c3)cc(=O)c3ccccc32)cc1. The molecule has 1 aromatic heterocycles. The first-order valence-corrected chi connectivity index (χ1v) is 9.10. The molecule has 1 heterocycles. The molecule has 0 N–H and O–H groups in total. The van der Waals surface area contributed by atoms with Crippen LogP contribution in [0.3, 0.4) is 0 Å². The minimum atomic E-state index is -0.394. The van der Waals surface area contributed by atoms with Gasteiger partial charge in [-0.3, -0.25) is 4.79 Å². The molecule has 0 aliphatic carbocycles. The standard InChI is InChI=1S/C24H19NO4/c1-28-19-7-5-6-17(14-19)22-15-23(26)20-8-3-4-9-21(20)25(22)18-12-10-16(11-13-18)24(27)29-2/h3-15H,1-2H3. The fraction of sp³-hybridized carbons (Fsp3) is 0.0833.